The highest BCUT2D eigenvalue weighted by Gasteiger charge is 2.55. The van der Waals surface area contributed by atoms with Gasteiger partial charge in [-0.05, 0) is 49.4 Å². The fourth-order valence-electron chi connectivity index (χ4n) is 5.72. The molecule has 4 heteroatoms. The molecule has 0 aromatic rings. The molecular weight excluding hydrogens is 278 g/mol. The van der Waals surface area contributed by atoms with E-state index in [4.69, 9.17) is 9.47 Å². The lowest BCUT2D eigenvalue weighted by molar-refractivity contribution is -0.152. The van der Waals surface area contributed by atoms with Crippen LogP contribution in [0.1, 0.15) is 38.5 Å². The average molecular weight is 307 g/mol. The Labute approximate surface area is 133 Å². The largest absolute Gasteiger partial charge is 0.464 e. The number of rotatable bonds is 4. The van der Waals surface area contributed by atoms with Crippen LogP contribution < -0.4 is 0 Å². The van der Waals surface area contributed by atoms with E-state index >= 15 is 0 Å². The van der Waals surface area contributed by atoms with Gasteiger partial charge in [0.15, 0.2) is 0 Å². The first-order chi connectivity index (χ1) is 10.8. The molecule has 4 fully saturated rings. The van der Waals surface area contributed by atoms with Gasteiger partial charge in [0.1, 0.15) is 6.61 Å². The maximum absolute atomic E-state index is 12.5. The van der Waals surface area contributed by atoms with E-state index in [9.17, 15) is 4.79 Å². The Morgan fingerprint density at radius 1 is 1.05 bits per heavy atom. The Kier molecular flexibility index (Phi) is 4.40. The van der Waals surface area contributed by atoms with Gasteiger partial charge >= 0.3 is 5.97 Å². The van der Waals surface area contributed by atoms with Crippen molar-refractivity contribution in [2.45, 2.75) is 38.5 Å². The van der Waals surface area contributed by atoms with Gasteiger partial charge in [0.2, 0.25) is 0 Å². The molecule has 0 aromatic carbocycles. The third-order valence-electron chi connectivity index (χ3n) is 6.74. The third-order valence-corrected chi connectivity index (χ3v) is 6.74. The minimum absolute atomic E-state index is 0.102. The second-order valence-electron chi connectivity index (χ2n) is 7.74. The first kappa shape index (κ1) is 14.9. The molecule has 0 N–H and O–H groups in total. The maximum atomic E-state index is 12.5. The second kappa shape index (κ2) is 6.48. The molecule has 1 aliphatic heterocycles. The lowest BCUT2D eigenvalue weighted by Gasteiger charge is -2.38. The predicted octanol–water partition coefficient (Wildman–Crippen LogP) is 2.32. The number of hydrogen-bond donors (Lipinski definition) is 0. The van der Waals surface area contributed by atoms with Crippen LogP contribution in [0.4, 0.5) is 0 Å². The van der Waals surface area contributed by atoms with Crippen LogP contribution in [0.25, 0.3) is 0 Å². The summed E-state index contributed by atoms with van der Waals surface area (Å²) in [6, 6.07) is 0. The van der Waals surface area contributed by atoms with Gasteiger partial charge in [-0.1, -0.05) is 12.8 Å². The first-order valence-electron chi connectivity index (χ1n) is 9.29. The van der Waals surface area contributed by atoms with Gasteiger partial charge in [0.25, 0.3) is 0 Å². The van der Waals surface area contributed by atoms with Crippen LogP contribution in [0.5, 0.6) is 0 Å². The van der Waals surface area contributed by atoms with E-state index < -0.39 is 0 Å². The molecular formula is C18H29NO3. The van der Waals surface area contributed by atoms with Crippen molar-refractivity contribution in [2.75, 3.05) is 39.5 Å². The monoisotopic (exact) mass is 307 g/mol. The summed E-state index contributed by atoms with van der Waals surface area (Å²) < 4.78 is 11.0. The quantitative estimate of drug-likeness (QED) is 0.747. The van der Waals surface area contributed by atoms with E-state index in [1.165, 1.54) is 32.1 Å². The molecule has 0 radical (unpaired) electrons. The normalized spacial score (nSPS) is 41.4. The summed E-state index contributed by atoms with van der Waals surface area (Å²) >= 11 is 0. The van der Waals surface area contributed by atoms with Crippen LogP contribution in [0.15, 0.2) is 0 Å². The highest BCUT2D eigenvalue weighted by atomic mass is 16.5. The van der Waals surface area contributed by atoms with Crippen molar-refractivity contribution < 1.29 is 14.3 Å². The van der Waals surface area contributed by atoms with Gasteiger partial charge in [0.05, 0.1) is 19.1 Å². The molecule has 1 saturated heterocycles. The molecule has 5 unspecified atom stereocenters. The fourth-order valence-corrected chi connectivity index (χ4v) is 5.72. The summed E-state index contributed by atoms with van der Waals surface area (Å²) in [6.45, 7) is 4.97. The Morgan fingerprint density at radius 3 is 2.64 bits per heavy atom. The molecule has 3 aliphatic carbocycles. The molecule has 2 bridgehead atoms. The number of ether oxygens (including phenoxy) is 2. The van der Waals surface area contributed by atoms with Gasteiger partial charge in [-0.25, -0.2) is 0 Å². The molecule has 124 valence electrons. The first-order valence-corrected chi connectivity index (χ1v) is 9.29. The van der Waals surface area contributed by atoms with Crippen LogP contribution in [0.3, 0.4) is 0 Å². The van der Waals surface area contributed by atoms with Gasteiger partial charge in [0, 0.05) is 19.6 Å². The number of hydrogen-bond acceptors (Lipinski definition) is 4. The van der Waals surface area contributed by atoms with Gasteiger partial charge in [-0.3, -0.25) is 9.69 Å². The van der Waals surface area contributed by atoms with Crippen LogP contribution in [-0.2, 0) is 14.3 Å². The topological polar surface area (TPSA) is 38.8 Å². The Morgan fingerprint density at radius 2 is 1.82 bits per heavy atom. The van der Waals surface area contributed by atoms with Crippen molar-refractivity contribution in [3.05, 3.63) is 0 Å². The van der Waals surface area contributed by atoms with E-state index in [0.29, 0.717) is 12.5 Å². The summed E-state index contributed by atoms with van der Waals surface area (Å²) in [5, 5.41) is 0. The van der Waals surface area contributed by atoms with Crippen LogP contribution in [-0.4, -0.2) is 50.3 Å². The summed E-state index contributed by atoms with van der Waals surface area (Å²) in [4.78, 5) is 14.8. The van der Waals surface area contributed by atoms with Gasteiger partial charge < -0.3 is 9.47 Å². The second-order valence-corrected chi connectivity index (χ2v) is 7.74. The molecule has 4 nitrogen and oxygen atoms in total. The lowest BCUT2D eigenvalue weighted by atomic mass is 9.67. The lowest BCUT2D eigenvalue weighted by Crippen LogP contribution is -2.39. The summed E-state index contributed by atoms with van der Waals surface area (Å²) in [5.41, 5.74) is 0. The number of fused-ring (bicyclic) bond motifs is 5. The Hall–Kier alpha value is -0.610. The smallest absolute Gasteiger partial charge is 0.309 e. The zero-order valence-corrected chi connectivity index (χ0v) is 13.5. The molecule has 1 heterocycles. The molecule has 0 aromatic heterocycles. The number of esters is 1. The van der Waals surface area contributed by atoms with Crippen LogP contribution in [0, 0.1) is 29.6 Å². The molecule has 3 saturated carbocycles. The number of morpholine rings is 1. The number of nitrogens with zero attached hydrogens (tertiary/aromatic N) is 1. The summed E-state index contributed by atoms with van der Waals surface area (Å²) in [7, 11) is 0. The number of carbonyl (C=O) groups is 1. The van der Waals surface area contributed by atoms with Crippen molar-refractivity contribution in [3.63, 3.8) is 0 Å². The summed E-state index contributed by atoms with van der Waals surface area (Å²) in [5.74, 6) is 3.57. The van der Waals surface area contributed by atoms with E-state index in [0.717, 1.165) is 57.0 Å². The van der Waals surface area contributed by atoms with Crippen molar-refractivity contribution >= 4 is 5.97 Å². The highest BCUT2D eigenvalue weighted by molar-refractivity contribution is 5.73. The fraction of sp³-hybridized carbons (Fsp3) is 0.944. The SMILES string of the molecule is O=C(OCCN1CCOCC1)C1CC2CC1C1CCCCC21. The van der Waals surface area contributed by atoms with E-state index in [1.807, 2.05) is 0 Å². The summed E-state index contributed by atoms with van der Waals surface area (Å²) in [6.07, 6.45) is 8.00. The van der Waals surface area contributed by atoms with Gasteiger partial charge in [-0.2, -0.15) is 0 Å². The van der Waals surface area contributed by atoms with Crippen molar-refractivity contribution in [1.29, 1.82) is 0 Å². The Bertz CT molecular complexity index is 407. The molecule has 0 spiro atoms. The Balaban J connectivity index is 1.25. The van der Waals surface area contributed by atoms with Crippen LogP contribution >= 0.6 is 0 Å². The van der Waals surface area contributed by atoms with Gasteiger partial charge in [-0.15, -0.1) is 0 Å². The average Bonchev–Trinajstić information content (AvgIpc) is 3.15. The molecule has 4 aliphatic rings. The van der Waals surface area contributed by atoms with Crippen molar-refractivity contribution in [1.82, 2.24) is 4.90 Å². The standard InChI is InChI=1S/C18H29NO3/c20-18(22-10-7-19-5-8-21-9-6-19)17-12-13-11-16(17)15-4-2-1-3-14(13)15/h13-17H,1-12H2. The zero-order chi connectivity index (χ0) is 14.9. The third kappa shape index (κ3) is 2.80. The minimum atomic E-state index is 0.102. The van der Waals surface area contributed by atoms with E-state index in [1.54, 1.807) is 0 Å². The predicted molar refractivity (Wildman–Crippen MR) is 83.4 cm³/mol. The molecule has 4 rings (SSSR count). The highest BCUT2D eigenvalue weighted by Crippen LogP contribution is 2.59. The van der Waals surface area contributed by atoms with E-state index in [-0.39, 0.29) is 11.9 Å². The maximum Gasteiger partial charge on any atom is 0.309 e. The molecule has 5 atom stereocenters. The van der Waals surface area contributed by atoms with Crippen molar-refractivity contribution in [2.24, 2.45) is 29.6 Å². The van der Waals surface area contributed by atoms with E-state index in [2.05, 4.69) is 4.90 Å². The number of carbonyl (C=O) groups excluding carboxylic acids is 1. The zero-order valence-electron chi connectivity index (χ0n) is 13.5. The minimum Gasteiger partial charge on any atom is -0.464 e. The molecule has 0 amide bonds. The van der Waals surface area contributed by atoms with Crippen molar-refractivity contribution in [3.8, 4) is 0 Å². The van der Waals surface area contributed by atoms with Crippen LogP contribution in [0.2, 0.25) is 0 Å². The molecule has 22 heavy (non-hydrogen) atoms.